The van der Waals surface area contributed by atoms with Crippen molar-refractivity contribution in [1.82, 2.24) is 9.97 Å². The summed E-state index contributed by atoms with van der Waals surface area (Å²) in [5.74, 6) is 0.697. The Morgan fingerprint density at radius 2 is 0.574 bits per heavy atom. The second kappa shape index (κ2) is 13.4. The Bertz CT molecular complexity index is 2890. The molecule has 0 aliphatic heterocycles. The number of benzene rings is 9. The molecule has 0 N–H and O–H groups in total. The molecule has 1 heterocycles. The predicted molar refractivity (Wildman–Crippen MR) is 227 cm³/mol. The Balaban J connectivity index is 1.15. The fraction of sp³-hybridized carbons (Fsp3) is 0. The molecule has 0 unspecified atom stereocenters. The molecule has 54 heavy (non-hydrogen) atoms. The van der Waals surface area contributed by atoms with Gasteiger partial charge in [-0.1, -0.05) is 194 Å². The van der Waals surface area contributed by atoms with Gasteiger partial charge < -0.3 is 0 Å². The number of nitrogens with zero attached hydrogens (tertiary/aromatic N) is 2. The largest absolute Gasteiger partial charge is 0.228 e. The number of aromatic nitrogens is 2. The second-order valence-corrected chi connectivity index (χ2v) is 13.7. The molecule has 0 bridgehead atoms. The van der Waals surface area contributed by atoms with Gasteiger partial charge in [0, 0.05) is 16.7 Å². The minimum absolute atomic E-state index is 0.697. The van der Waals surface area contributed by atoms with Gasteiger partial charge in [-0.2, -0.15) is 0 Å². The van der Waals surface area contributed by atoms with E-state index in [1.807, 2.05) is 12.1 Å². The van der Waals surface area contributed by atoms with Crippen LogP contribution in [-0.4, -0.2) is 9.97 Å². The molecule has 0 saturated carbocycles. The van der Waals surface area contributed by atoms with Crippen LogP contribution in [0.25, 0.3) is 99.6 Å². The van der Waals surface area contributed by atoms with Gasteiger partial charge in [0.2, 0.25) is 0 Å². The summed E-state index contributed by atoms with van der Waals surface area (Å²) in [5.41, 5.74) is 11.8. The lowest BCUT2D eigenvalue weighted by molar-refractivity contribution is 1.18. The van der Waals surface area contributed by atoms with Gasteiger partial charge in [-0.15, -0.1) is 0 Å². The van der Waals surface area contributed by atoms with E-state index in [4.69, 9.17) is 9.97 Å². The maximum Gasteiger partial charge on any atom is 0.161 e. The zero-order chi connectivity index (χ0) is 35.8. The molecule has 0 spiro atoms. The van der Waals surface area contributed by atoms with E-state index in [1.165, 1.54) is 49.0 Å². The van der Waals surface area contributed by atoms with Crippen molar-refractivity contribution >= 4 is 32.3 Å². The zero-order valence-corrected chi connectivity index (χ0v) is 29.5. The van der Waals surface area contributed by atoms with Gasteiger partial charge in [0.15, 0.2) is 5.82 Å². The fourth-order valence-electron chi connectivity index (χ4n) is 7.99. The minimum Gasteiger partial charge on any atom is -0.228 e. The van der Waals surface area contributed by atoms with Crippen LogP contribution < -0.4 is 0 Å². The highest BCUT2D eigenvalue weighted by Crippen LogP contribution is 2.43. The fourth-order valence-corrected chi connectivity index (χ4v) is 7.99. The topological polar surface area (TPSA) is 25.8 Å². The van der Waals surface area contributed by atoms with Gasteiger partial charge in [-0.05, 0) is 77.8 Å². The van der Waals surface area contributed by atoms with E-state index < -0.39 is 0 Å². The summed E-state index contributed by atoms with van der Waals surface area (Å²) in [7, 11) is 0. The molecule has 10 rings (SSSR count). The van der Waals surface area contributed by atoms with Crippen molar-refractivity contribution in [2.24, 2.45) is 0 Å². The molecule has 0 atom stereocenters. The van der Waals surface area contributed by atoms with Crippen LogP contribution in [0.5, 0.6) is 0 Å². The molecular weight excluding hydrogens is 653 g/mol. The predicted octanol–water partition coefficient (Wildman–Crippen LogP) is 13.9. The number of hydrogen-bond donors (Lipinski definition) is 0. The number of hydrogen-bond acceptors (Lipinski definition) is 2. The summed E-state index contributed by atoms with van der Waals surface area (Å²) < 4.78 is 0. The number of fused-ring (bicyclic) bond motifs is 6. The molecule has 2 heteroatoms. The minimum atomic E-state index is 0.697. The molecule has 0 saturated heterocycles. The molecule has 0 aliphatic rings. The molecule has 10 aromatic rings. The molecule has 0 fully saturated rings. The third-order valence-electron chi connectivity index (χ3n) is 10.5. The molecule has 9 aromatic carbocycles. The third kappa shape index (κ3) is 5.53. The van der Waals surface area contributed by atoms with Crippen LogP contribution in [0.4, 0.5) is 0 Å². The maximum absolute atomic E-state index is 5.22. The summed E-state index contributed by atoms with van der Waals surface area (Å²) in [6.07, 6.45) is 0. The highest BCUT2D eigenvalue weighted by molar-refractivity contribution is 6.25. The van der Waals surface area contributed by atoms with Crippen LogP contribution in [0, 0.1) is 0 Å². The smallest absolute Gasteiger partial charge is 0.161 e. The lowest BCUT2D eigenvalue weighted by atomic mass is 9.86. The Morgan fingerprint density at radius 1 is 0.222 bits per heavy atom. The molecule has 1 aromatic heterocycles. The molecule has 2 nitrogen and oxygen atoms in total. The Morgan fingerprint density at radius 3 is 1.07 bits per heavy atom. The molecule has 0 aliphatic carbocycles. The second-order valence-electron chi connectivity index (χ2n) is 13.7. The first-order valence-corrected chi connectivity index (χ1v) is 18.4. The van der Waals surface area contributed by atoms with Gasteiger partial charge >= 0.3 is 0 Å². The third-order valence-corrected chi connectivity index (χ3v) is 10.5. The van der Waals surface area contributed by atoms with Crippen molar-refractivity contribution in [2.75, 3.05) is 0 Å². The average Bonchev–Trinajstić information content (AvgIpc) is 3.27. The van der Waals surface area contributed by atoms with Gasteiger partial charge in [0.25, 0.3) is 0 Å². The molecular formula is C52H34N2. The van der Waals surface area contributed by atoms with E-state index in [0.717, 1.165) is 44.8 Å². The summed E-state index contributed by atoms with van der Waals surface area (Å²) in [4.78, 5) is 10.4. The van der Waals surface area contributed by atoms with Crippen LogP contribution in [0.2, 0.25) is 0 Å². The Labute approximate surface area is 314 Å². The zero-order valence-electron chi connectivity index (χ0n) is 29.5. The Hall–Kier alpha value is -7.16. The first-order valence-electron chi connectivity index (χ1n) is 18.4. The molecule has 0 amide bonds. The van der Waals surface area contributed by atoms with Crippen molar-refractivity contribution in [1.29, 1.82) is 0 Å². The van der Waals surface area contributed by atoms with Crippen molar-refractivity contribution in [3.8, 4) is 67.3 Å². The van der Waals surface area contributed by atoms with Gasteiger partial charge in [0.1, 0.15) is 0 Å². The van der Waals surface area contributed by atoms with E-state index in [9.17, 15) is 0 Å². The van der Waals surface area contributed by atoms with E-state index in [1.54, 1.807) is 0 Å². The van der Waals surface area contributed by atoms with Gasteiger partial charge in [-0.3, -0.25) is 0 Å². The van der Waals surface area contributed by atoms with E-state index >= 15 is 0 Å². The average molecular weight is 687 g/mol. The van der Waals surface area contributed by atoms with E-state index in [-0.39, 0.29) is 0 Å². The summed E-state index contributed by atoms with van der Waals surface area (Å²) >= 11 is 0. The van der Waals surface area contributed by atoms with E-state index in [0.29, 0.717) is 5.82 Å². The van der Waals surface area contributed by atoms with Crippen molar-refractivity contribution in [2.45, 2.75) is 0 Å². The summed E-state index contributed by atoms with van der Waals surface area (Å²) in [6, 6.07) is 73.4. The number of rotatable bonds is 6. The van der Waals surface area contributed by atoms with Gasteiger partial charge in [-0.25, -0.2) is 9.97 Å². The van der Waals surface area contributed by atoms with Crippen molar-refractivity contribution in [3.05, 3.63) is 206 Å². The van der Waals surface area contributed by atoms with Crippen molar-refractivity contribution < 1.29 is 0 Å². The maximum atomic E-state index is 5.22. The van der Waals surface area contributed by atoms with Crippen LogP contribution in [0.1, 0.15) is 0 Å². The standard InChI is InChI=1S/C52H34N2/c1-3-17-35(18-4-1)50-34-51(36-19-5-2-6-20-36)54-52(53-50)48-30-16-15-28-45(48)42-25-11-9-23-40(42)39-22-8-7-21-38(39)37-31-32-47-44-27-12-10-24-41(44)43-26-13-14-29-46(43)49(47)33-37/h1-34H. The first kappa shape index (κ1) is 31.6. The summed E-state index contributed by atoms with van der Waals surface area (Å²) in [5, 5.41) is 7.65. The normalized spacial score (nSPS) is 11.3. The highest BCUT2D eigenvalue weighted by Gasteiger charge is 2.19. The first-order chi connectivity index (χ1) is 26.8. The van der Waals surface area contributed by atoms with Crippen LogP contribution in [0.3, 0.4) is 0 Å². The van der Waals surface area contributed by atoms with Crippen LogP contribution in [-0.2, 0) is 0 Å². The van der Waals surface area contributed by atoms with Crippen LogP contribution in [0.15, 0.2) is 206 Å². The molecule has 0 radical (unpaired) electrons. The SMILES string of the molecule is c1ccc(-c2cc(-c3ccccc3)nc(-c3ccccc3-c3ccccc3-c3ccccc3-c3ccc4c5ccccc5c5ccccc5c4c3)n2)cc1. The summed E-state index contributed by atoms with van der Waals surface area (Å²) in [6.45, 7) is 0. The monoisotopic (exact) mass is 686 g/mol. The lowest BCUT2D eigenvalue weighted by Crippen LogP contribution is -1.98. The quantitative estimate of drug-likeness (QED) is 0.163. The molecule has 252 valence electrons. The Kier molecular flexibility index (Phi) is 7.85. The highest BCUT2D eigenvalue weighted by atomic mass is 14.9. The van der Waals surface area contributed by atoms with Crippen molar-refractivity contribution in [3.63, 3.8) is 0 Å². The van der Waals surface area contributed by atoms with Gasteiger partial charge in [0.05, 0.1) is 11.4 Å². The van der Waals surface area contributed by atoms with Crippen LogP contribution >= 0.6 is 0 Å². The lowest BCUT2D eigenvalue weighted by Gasteiger charge is -2.18. The van der Waals surface area contributed by atoms with E-state index in [2.05, 4.69) is 194 Å².